The zero-order valence-corrected chi connectivity index (χ0v) is 41.4. The van der Waals surface area contributed by atoms with E-state index in [9.17, 15) is 33.9 Å². The molecule has 0 saturated carbocycles. The standard InChI is InChI=1S/C53H66N4O10S2/c1-4-5-6-7-8-9-10-11-12-13-14-15-16-17-18-19-20-31-47(60)65-40-53(2,3)48(67-51(63)41-26-25-33-54-39-41)50(62)56-34-32-46(59)55-35-37-68-69-38-36-57-49(61)43-28-22-24-30-45(43)66-52(64)42-27-21-23-29-44(42)58/h5-6,8-9,11-12,14-15,17-18,21-30,33,39,48,58H,4,7,10,13,16,19-20,31-32,34-38,40H2,1-3H3,(H,55,59)(H,56,62)(H,57,61)/b6-5-,9-8-,12-11-,15-14-,18-17-/t48-/m0/s1. The van der Waals surface area contributed by atoms with Crippen molar-refractivity contribution in [2.75, 3.05) is 37.7 Å². The highest BCUT2D eigenvalue weighted by atomic mass is 33.1. The van der Waals surface area contributed by atoms with Crippen LogP contribution in [0.2, 0.25) is 0 Å². The number of phenols is 1. The Morgan fingerprint density at radius 1 is 0.696 bits per heavy atom. The minimum atomic E-state index is -1.36. The van der Waals surface area contributed by atoms with Crippen LogP contribution in [0.5, 0.6) is 11.5 Å². The minimum Gasteiger partial charge on any atom is -0.507 e. The van der Waals surface area contributed by atoms with E-state index in [-0.39, 0.29) is 60.1 Å². The second kappa shape index (κ2) is 34.0. The SMILES string of the molecule is CC/C=C\C/C=C\C/C=C\C/C=C\C/C=C\CCCC(=O)OCC(C)(C)[C@@H](OC(=O)c1cccnc1)C(=O)NCCC(=O)NCCSSCCNC(=O)c1ccccc1OC(=O)c1ccccc1O. The summed E-state index contributed by atoms with van der Waals surface area (Å²) in [5.41, 5.74) is -0.837. The molecule has 0 unspecified atom stereocenters. The molecule has 3 amide bonds. The van der Waals surface area contributed by atoms with Crippen LogP contribution in [0, 0.1) is 5.41 Å². The lowest BCUT2D eigenvalue weighted by atomic mass is 9.86. The lowest BCUT2D eigenvalue weighted by molar-refractivity contribution is -0.153. The van der Waals surface area contributed by atoms with Crippen molar-refractivity contribution in [3.63, 3.8) is 0 Å². The van der Waals surface area contributed by atoms with Gasteiger partial charge in [0.2, 0.25) is 5.91 Å². The number of carbonyl (C=O) groups excluding carboxylic acids is 6. The van der Waals surface area contributed by atoms with Gasteiger partial charge in [-0.05, 0) is 81.3 Å². The maximum Gasteiger partial charge on any atom is 0.347 e. The molecule has 3 rings (SSSR count). The number of para-hydroxylation sites is 2. The minimum absolute atomic E-state index is 0.0214. The van der Waals surface area contributed by atoms with Gasteiger partial charge in [-0.25, -0.2) is 9.59 Å². The first-order valence-corrected chi connectivity index (χ1v) is 25.6. The Bertz CT molecular complexity index is 2230. The number of hydrogen-bond acceptors (Lipinski definition) is 13. The molecule has 1 atom stereocenters. The van der Waals surface area contributed by atoms with Crippen LogP contribution in [0.1, 0.15) is 110 Å². The maximum atomic E-state index is 13.5. The number of benzene rings is 2. The molecule has 14 nitrogen and oxygen atoms in total. The quantitative estimate of drug-likeness (QED) is 0.0152. The average molecular weight is 983 g/mol. The topological polar surface area (TPSA) is 199 Å². The molecule has 69 heavy (non-hydrogen) atoms. The summed E-state index contributed by atoms with van der Waals surface area (Å²) >= 11 is 0. The third-order valence-electron chi connectivity index (χ3n) is 9.76. The fraction of sp³-hybridized carbons (Fsp3) is 0.377. The fourth-order valence-electron chi connectivity index (χ4n) is 6.05. The zero-order valence-electron chi connectivity index (χ0n) is 39.8. The number of allylic oxidation sites excluding steroid dienone is 10. The number of carbonyl (C=O) groups is 6. The van der Waals surface area contributed by atoms with Crippen LogP contribution in [-0.4, -0.2) is 89.6 Å². The number of nitrogens with one attached hydrogen (secondary N) is 3. The number of pyridine rings is 1. The summed E-state index contributed by atoms with van der Waals surface area (Å²) in [5.74, 6) is -2.39. The first-order chi connectivity index (χ1) is 33.4. The van der Waals surface area contributed by atoms with Crippen LogP contribution in [0.25, 0.3) is 0 Å². The molecule has 0 aliphatic heterocycles. The molecule has 2 aromatic carbocycles. The molecule has 16 heteroatoms. The first kappa shape index (κ1) is 56.9. The number of unbranched alkanes of at least 4 members (excludes halogenated alkanes) is 1. The number of aromatic nitrogens is 1. The lowest BCUT2D eigenvalue weighted by Crippen LogP contribution is -2.49. The molecular weight excluding hydrogens is 917 g/mol. The summed E-state index contributed by atoms with van der Waals surface area (Å²) in [6, 6.07) is 15.4. The molecule has 0 fully saturated rings. The van der Waals surface area contributed by atoms with Crippen molar-refractivity contribution in [3.8, 4) is 11.5 Å². The molecule has 3 aromatic rings. The van der Waals surface area contributed by atoms with E-state index < -0.39 is 41.2 Å². The molecule has 0 spiro atoms. The zero-order chi connectivity index (χ0) is 50.0. The maximum absolute atomic E-state index is 13.5. The van der Waals surface area contributed by atoms with E-state index in [1.165, 1.54) is 64.3 Å². The van der Waals surface area contributed by atoms with E-state index in [1.807, 2.05) is 6.08 Å². The number of esters is 3. The van der Waals surface area contributed by atoms with Gasteiger partial charge in [-0.1, -0.05) is 127 Å². The van der Waals surface area contributed by atoms with Crippen LogP contribution in [0.4, 0.5) is 0 Å². The third kappa shape index (κ3) is 23.9. The summed E-state index contributed by atoms with van der Waals surface area (Å²) in [7, 11) is 3.00. The lowest BCUT2D eigenvalue weighted by Gasteiger charge is -2.32. The Labute approximate surface area is 414 Å². The number of hydrogen-bond donors (Lipinski definition) is 4. The Kier molecular flexibility index (Phi) is 28.0. The molecule has 0 saturated heterocycles. The number of ether oxygens (including phenoxy) is 3. The van der Waals surface area contributed by atoms with E-state index in [1.54, 1.807) is 44.2 Å². The van der Waals surface area contributed by atoms with Crippen LogP contribution < -0.4 is 20.7 Å². The van der Waals surface area contributed by atoms with Gasteiger partial charge in [-0.15, -0.1) is 0 Å². The van der Waals surface area contributed by atoms with Gasteiger partial charge in [0, 0.05) is 61.8 Å². The highest BCUT2D eigenvalue weighted by Crippen LogP contribution is 2.27. The predicted octanol–water partition coefficient (Wildman–Crippen LogP) is 9.46. The molecule has 0 bridgehead atoms. The van der Waals surface area contributed by atoms with Crippen molar-refractivity contribution >= 4 is 57.2 Å². The summed E-state index contributed by atoms with van der Waals surface area (Å²) < 4.78 is 16.7. The van der Waals surface area contributed by atoms with Gasteiger partial charge >= 0.3 is 17.9 Å². The Balaban J connectivity index is 1.33. The van der Waals surface area contributed by atoms with Crippen molar-refractivity contribution in [2.24, 2.45) is 5.41 Å². The number of rotatable bonds is 32. The number of nitrogens with zero attached hydrogens (tertiary/aromatic N) is 1. The number of amides is 3. The van der Waals surface area contributed by atoms with E-state index >= 15 is 0 Å². The van der Waals surface area contributed by atoms with Crippen LogP contribution in [0.15, 0.2) is 134 Å². The van der Waals surface area contributed by atoms with Gasteiger partial charge < -0.3 is 35.3 Å². The van der Waals surface area contributed by atoms with E-state index in [4.69, 9.17) is 14.2 Å². The normalized spacial score (nSPS) is 12.2. The first-order valence-electron chi connectivity index (χ1n) is 23.1. The Morgan fingerprint density at radius 3 is 1.94 bits per heavy atom. The summed E-state index contributed by atoms with van der Waals surface area (Å²) in [5, 5.41) is 18.3. The number of aromatic hydroxyl groups is 1. The summed E-state index contributed by atoms with van der Waals surface area (Å²) in [6.45, 7) is 5.91. The Morgan fingerprint density at radius 2 is 1.30 bits per heavy atom. The van der Waals surface area contributed by atoms with Gasteiger partial charge in [0.05, 0.1) is 11.1 Å². The highest BCUT2D eigenvalue weighted by Gasteiger charge is 2.40. The van der Waals surface area contributed by atoms with Crippen molar-refractivity contribution in [2.45, 2.75) is 84.7 Å². The molecule has 0 aliphatic rings. The van der Waals surface area contributed by atoms with Gasteiger partial charge in [-0.3, -0.25) is 24.2 Å². The second-order valence-electron chi connectivity index (χ2n) is 16.0. The van der Waals surface area contributed by atoms with Gasteiger partial charge in [0.15, 0.2) is 6.10 Å². The highest BCUT2D eigenvalue weighted by molar-refractivity contribution is 8.76. The summed E-state index contributed by atoms with van der Waals surface area (Å²) in [4.78, 5) is 81.2. The number of phenolic OH excluding ortho intramolecular Hbond substituents is 1. The van der Waals surface area contributed by atoms with Crippen molar-refractivity contribution < 1.29 is 48.1 Å². The van der Waals surface area contributed by atoms with Gasteiger partial charge in [-0.2, -0.15) is 0 Å². The second-order valence-corrected chi connectivity index (χ2v) is 18.7. The van der Waals surface area contributed by atoms with Gasteiger partial charge in [0.1, 0.15) is 23.7 Å². The van der Waals surface area contributed by atoms with Gasteiger partial charge in [0.25, 0.3) is 11.8 Å². The van der Waals surface area contributed by atoms with E-state index in [0.29, 0.717) is 37.4 Å². The van der Waals surface area contributed by atoms with Crippen molar-refractivity contribution in [1.82, 2.24) is 20.9 Å². The van der Waals surface area contributed by atoms with Crippen LogP contribution in [0.3, 0.4) is 0 Å². The molecule has 0 radical (unpaired) electrons. The predicted molar refractivity (Wildman–Crippen MR) is 274 cm³/mol. The Hall–Kier alpha value is -6.39. The summed E-state index contributed by atoms with van der Waals surface area (Å²) in [6.07, 6.45) is 28.9. The largest absolute Gasteiger partial charge is 0.507 e. The molecule has 1 aromatic heterocycles. The fourth-order valence-corrected chi connectivity index (χ4v) is 7.86. The van der Waals surface area contributed by atoms with E-state index in [0.717, 1.165) is 32.1 Å². The van der Waals surface area contributed by atoms with E-state index in [2.05, 4.69) is 82.5 Å². The third-order valence-corrected chi connectivity index (χ3v) is 12.2. The van der Waals surface area contributed by atoms with Crippen LogP contribution in [-0.2, 0) is 23.9 Å². The smallest absolute Gasteiger partial charge is 0.347 e. The van der Waals surface area contributed by atoms with Crippen molar-refractivity contribution in [3.05, 3.63) is 151 Å². The monoisotopic (exact) mass is 982 g/mol. The molecule has 370 valence electrons. The molecular formula is C53H66N4O10S2. The van der Waals surface area contributed by atoms with Crippen LogP contribution >= 0.6 is 21.6 Å². The average Bonchev–Trinajstić information content (AvgIpc) is 3.34. The molecule has 4 N–H and O–H groups in total. The van der Waals surface area contributed by atoms with Crippen molar-refractivity contribution in [1.29, 1.82) is 0 Å². The molecule has 0 aliphatic carbocycles. The molecule has 1 heterocycles.